The van der Waals surface area contributed by atoms with Gasteiger partial charge in [-0.25, -0.2) is 0 Å². The summed E-state index contributed by atoms with van der Waals surface area (Å²) in [5, 5.41) is 0.222. The molecule has 1 aromatic rings. The summed E-state index contributed by atoms with van der Waals surface area (Å²) >= 11 is 6.01. The van der Waals surface area contributed by atoms with E-state index >= 15 is 0 Å². The molecule has 1 unspecified atom stereocenters. The van der Waals surface area contributed by atoms with Crippen LogP contribution in [-0.2, 0) is 6.42 Å². The van der Waals surface area contributed by atoms with Gasteiger partial charge in [0, 0.05) is 23.7 Å². The van der Waals surface area contributed by atoms with Crippen molar-refractivity contribution in [2.45, 2.75) is 32.1 Å². The van der Waals surface area contributed by atoms with E-state index in [4.69, 9.17) is 11.6 Å². The van der Waals surface area contributed by atoms with Crippen LogP contribution in [-0.4, -0.2) is 10.4 Å². The van der Waals surface area contributed by atoms with E-state index in [2.05, 4.69) is 24.9 Å². The number of halogens is 1. The van der Waals surface area contributed by atoms with Gasteiger partial charge in [-0.2, -0.15) is 0 Å². The highest BCUT2D eigenvalue weighted by molar-refractivity contribution is 6.20. The molecular formula is C10H14ClN. The SMILES string of the molecule is CCC(Cl)Cc1cc(C)ccn1. The molecule has 0 saturated carbocycles. The van der Waals surface area contributed by atoms with Crippen LogP contribution >= 0.6 is 11.6 Å². The zero-order valence-electron chi connectivity index (χ0n) is 7.55. The molecule has 0 bridgehead atoms. The summed E-state index contributed by atoms with van der Waals surface area (Å²) in [5.74, 6) is 0. The van der Waals surface area contributed by atoms with E-state index in [-0.39, 0.29) is 5.38 Å². The Balaban J connectivity index is 2.63. The summed E-state index contributed by atoms with van der Waals surface area (Å²) in [6.45, 7) is 4.16. The molecule has 12 heavy (non-hydrogen) atoms. The van der Waals surface area contributed by atoms with Gasteiger partial charge in [-0.15, -0.1) is 11.6 Å². The Bertz CT molecular complexity index is 247. The minimum absolute atomic E-state index is 0.222. The largest absolute Gasteiger partial charge is 0.261 e. The number of alkyl halides is 1. The Morgan fingerprint density at radius 1 is 1.58 bits per heavy atom. The second kappa shape index (κ2) is 4.46. The molecule has 0 N–H and O–H groups in total. The van der Waals surface area contributed by atoms with Crippen molar-refractivity contribution in [3.8, 4) is 0 Å². The molecule has 1 heterocycles. The van der Waals surface area contributed by atoms with Gasteiger partial charge in [-0.05, 0) is 31.0 Å². The van der Waals surface area contributed by atoms with Crippen molar-refractivity contribution >= 4 is 11.6 Å². The summed E-state index contributed by atoms with van der Waals surface area (Å²) < 4.78 is 0. The molecule has 0 saturated heterocycles. The molecule has 0 fully saturated rings. The maximum absolute atomic E-state index is 6.01. The van der Waals surface area contributed by atoms with Crippen LogP contribution in [0.4, 0.5) is 0 Å². The molecule has 66 valence electrons. The molecule has 0 aromatic carbocycles. The van der Waals surface area contributed by atoms with Crippen LogP contribution in [0.3, 0.4) is 0 Å². The van der Waals surface area contributed by atoms with Crippen molar-refractivity contribution in [1.29, 1.82) is 0 Å². The van der Waals surface area contributed by atoms with Gasteiger partial charge in [0.2, 0.25) is 0 Å². The fourth-order valence-corrected chi connectivity index (χ4v) is 1.24. The lowest BCUT2D eigenvalue weighted by atomic mass is 10.1. The number of hydrogen-bond acceptors (Lipinski definition) is 1. The van der Waals surface area contributed by atoms with Gasteiger partial charge in [0.15, 0.2) is 0 Å². The summed E-state index contributed by atoms with van der Waals surface area (Å²) in [6.07, 6.45) is 3.71. The van der Waals surface area contributed by atoms with E-state index in [1.165, 1.54) is 5.56 Å². The molecule has 0 aliphatic heterocycles. The summed E-state index contributed by atoms with van der Waals surface area (Å²) in [5.41, 5.74) is 2.34. The van der Waals surface area contributed by atoms with Crippen molar-refractivity contribution in [2.24, 2.45) is 0 Å². The van der Waals surface area contributed by atoms with Crippen molar-refractivity contribution < 1.29 is 0 Å². The molecule has 1 rings (SSSR count). The number of aromatic nitrogens is 1. The third kappa shape index (κ3) is 2.82. The highest BCUT2D eigenvalue weighted by Crippen LogP contribution is 2.09. The van der Waals surface area contributed by atoms with Crippen molar-refractivity contribution in [2.75, 3.05) is 0 Å². The molecule has 0 radical (unpaired) electrons. The van der Waals surface area contributed by atoms with Crippen LogP contribution in [0.1, 0.15) is 24.6 Å². The number of pyridine rings is 1. The average Bonchev–Trinajstić information content (AvgIpc) is 2.04. The molecule has 0 spiro atoms. The Hall–Kier alpha value is -0.560. The quantitative estimate of drug-likeness (QED) is 0.657. The first-order valence-electron chi connectivity index (χ1n) is 4.28. The summed E-state index contributed by atoms with van der Waals surface area (Å²) in [4.78, 5) is 4.24. The number of hydrogen-bond donors (Lipinski definition) is 0. The predicted molar refractivity (Wildman–Crippen MR) is 52.6 cm³/mol. The second-order valence-corrected chi connectivity index (χ2v) is 3.65. The van der Waals surface area contributed by atoms with Gasteiger partial charge >= 0.3 is 0 Å². The van der Waals surface area contributed by atoms with Crippen LogP contribution in [0, 0.1) is 6.92 Å². The van der Waals surface area contributed by atoms with E-state index in [0.717, 1.165) is 18.5 Å². The highest BCUT2D eigenvalue weighted by atomic mass is 35.5. The van der Waals surface area contributed by atoms with Crippen LogP contribution in [0.2, 0.25) is 0 Å². The third-order valence-electron chi connectivity index (χ3n) is 1.85. The third-order valence-corrected chi connectivity index (χ3v) is 2.31. The maximum atomic E-state index is 6.01. The van der Waals surface area contributed by atoms with Crippen LogP contribution < -0.4 is 0 Å². The molecule has 2 heteroatoms. The predicted octanol–water partition coefficient (Wildman–Crippen LogP) is 2.95. The van der Waals surface area contributed by atoms with E-state index in [1.807, 2.05) is 12.3 Å². The number of nitrogens with zero attached hydrogens (tertiary/aromatic N) is 1. The van der Waals surface area contributed by atoms with Gasteiger partial charge in [0.1, 0.15) is 0 Å². The summed E-state index contributed by atoms with van der Waals surface area (Å²) in [7, 11) is 0. The Morgan fingerprint density at radius 3 is 2.92 bits per heavy atom. The Labute approximate surface area is 78.8 Å². The lowest BCUT2D eigenvalue weighted by molar-refractivity contribution is 0.785. The first-order chi connectivity index (χ1) is 5.72. The first-order valence-corrected chi connectivity index (χ1v) is 4.71. The van der Waals surface area contributed by atoms with Gasteiger partial charge in [-0.1, -0.05) is 6.92 Å². The molecule has 1 aromatic heterocycles. The van der Waals surface area contributed by atoms with Crippen LogP contribution in [0.15, 0.2) is 18.3 Å². The second-order valence-electron chi connectivity index (χ2n) is 3.03. The lowest BCUT2D eigenvalue weighted by Gasteiger charge is -2.05. The zero-order chi connectivity index (χ0) is 8.97. The maximum Gasteiger partial charge on any atom is 0.0420 e. The molecule has 1 nitrogen and oxygen atoms in total. The fraction of sp³-hybridized carbons (Fsp3) is 0.500. The lowest BCUT2D eigenvalue weighted by Crippen LogP contribution is -2.03. The van der Waals surface area contributed by atoms with Crippen molar-refractivity contribution in [3.63, 3.8) is 0 Å². The molecule has 0 amide bonds. The van der Waals surface area contributed by atoms with Crippen LogP contribution in [0.25, 0.3) is 0 Å². The topological polar surface area (TPSA) is 12.9 Å². The van der Waals surface area contributed by atoms with Crippen molar-refractivity contribution in [3.05, 3.63) is 29.6 Å². The highest BCUT2D eigenvalue weighted by Gasteiger charge is 2.03. The average molecular weight is 184 g/mol. The zero-order valence-corrected chi connectivity index (χ0v) is 8.30. The monoisotopic (exact) mass is 183 g/mol. The number of rotatable bonds is 3. The minimum atomic E-state index is 0.222. The first kappa shape index (κ1) is 9.53. The Kier molecular flexibility index (Phi) is 3.54. The smallest absolute Gasteiger partial charge is 0.0420 e. The molecule has 0 aliphatic carbocycles. The Morgan fingerprint density at radius 2 is 2.33 bits per heavy atom. The molecule has 1 atom stereocenters. The normalized spacial score (nSPS) is 12.9. The van der Waals surface area contributed by atoms with E-state index < -0.39 is 0 Å². The van der Waals surface area contributed by atoms with Crippen LogP contribution in [0.5, 0.6) is 0 Å². The fourth-order valence-electron chi connectivity index (χ4n) is 1.08. The van der Waals surface area contributed by atoms with Gasteiger partial charge in [0.05, 0.1) is 0 Å². The molecular weight excluding hydrogens is 170 g/mol. The van der Waals surface area contributed by atoms with E-state index in [1.54, 1.807) is 0 Å². The summed E-state index contributed by atoms with van der Waals surface area (Å²) in [6, 6.07) is 4.09. The van der Waals surface area contributed by atoms with E-state index in [0.29, 0.717) is 0 Å². The van der Waals surface area contributed by atoms with Gasteiger partial charge in [0.25, 0.3) is 0 Å². The van der Waals surface area contributed by atoms with Gasteiger partial charge < -0.3 is 0 Å². The van der Waals surface area contributed by atoms with Gasteiger partial charge in [-0.3, -0.25) is 4.98 Å². The number of aryl methyl sites for hydroxylation is 1. The van der Waals surface area contributed by atoms with Crippen molar-refractivity contribution in [1.82, 2.24) is 4.98 Å². The molecule has 0 aliphatic rings. The standard InChI is InChI=1S/C10H14ClN/c1-3-9(11)7-10-6-8(2)4-5-12-10/h4-6,9H,3,7H2,1-2H3. The minimum Gasteiger partial charge on any atom is -0.261 e. The van der Waals surface area contributed by atoms with E-state index in [9.17, 15) is 0 Å².